The molecule has 0 aliphatic rings. The minimum Gasteiger partial charge on any atom is -0.352 e. The number of rotatable bonds is 5. The molecule has 1 aromatic carbocycles. The number of nitrogens with zero attached hydrogens (tertiary/aromatic N) is 2. The van der Waals surface area contributed by atoms with Gasteiger partial charge in [-0.1, -0.05) is 11.6 Å². The third-order valence-corrected chi connectivity index (χ3v) is 3.86. The highest BCUT2D eigenvalue weighted by Gasteiger charge is 2.16. The van der Waals surface area contributed by atoms with E-state index >= 15 is 0 Å². The van der Waals surface area contributed by atoms with Crippen LogP contribution in [-0.2, 0) is 11.2 Å². The van der Waals surface area contributed by atoms with Gasteiger partial charge in [-0.15, -0.1) is 0 Å². The SMILES string of the molecule is Cc1nn(-c2ccc(Cl)cc2)c(C)c1CC(=O)N[C@@H](C)CN. The Morgan fingerprint density at radius 3 is 2.59 bits per heavy atom. The van der Waals surface area contributed by atoms with Crippen molar-refractivity contribution >= 4 is 17.5 Å². The Labute approximate surface area is 135 Å². The van der Waals surface area contributed by atoms with Gasteiger partial charge >= 0.3 is 0 Å². The fourth-order valence-corrected chi connectivity index (χ4v) is 2.44. The van der Waals surface area contributed by atoms with Crippen molar-refractivity contribution < 1.29 is 4.79 Å². The molecule has 1 amide bonds. The molecule has 0 saturated heterocycles. The molecule has 2 rings (SSSR count). The van der Waals surface area contributed by atoms with Crippen LogP contribution < -0.4 is 11.1 Å². The van der Waals surface area contributed by atoms with E-state index in [1.54, 1.807) is 0 Å². The summed E-state index contributed by atoms with van der Waals surface area (Å²) in [5.74, 6) is -0.0418. The minimum absolute atomic E-state index is 0.0283. The fourth-order valence-electron chi connectivity index (χ4n) is 2.31. The van der Waals surface area contributed by atoms with Gasteiger partial charge in [0.15, 0.2) is 0 Å². The van der Waals surface area contributed by atoms with Crippen LogP contribution in [0.25, 0.3) is 5.69 Å². The summed E-state index contributed by atoms with van der Waals surface area (Å²) >= 11 is 5.91. The van der Waals surface area contributed by atoms with Crippen LogP contribution >= 0.6 is 11.6 Å². The lowest BCUT2D eigenvalue weighted by Gasteiger charge is -2.11. The third-order valence-electron chi connectivity index (χ3n) is 3.61. The van der Waals surface area contributed by atoms with Crippen LogP contribution in [0.5, 0.6) is 0 Å². The first-order chi connectivity index (χ1) is 10.4. The lowest BCUT2D eigenvalue weighted by molar-refractivity contribution is -0.121. The summed E-state index contributed by atoms with van der Waals surface area (Å²) in [6, 6.07) is 7.43. The first kappa shape index (κ1) is 16.5. The highest BCUT2D eigenvalue weighted by Crippen LogP contribution is 2.20. The van der Waals surface area contributed by atoms with Crippen LogP contribution in [-0.4, -0.2) is 28.3 Å². The first-order valence-corrected chi connectivity index (χ1v) is 7.60. The van der Waals surface area contributed by atoms with Crippen LogP contribution in [0.1, 0.15) is 23.9 Å². The summed E-state index contributed by atoms with van der Waals surface area (Å²) < 4.78 is 1.83. The van der Waals surface area contributed by atoms with Gasteiger partial charge in [0, 0.05) is 28.9 Å². The lowest BCUT2D eigenvalue weighted by Crippen LogP contribution is -2.38. The van der Waals surface area contributed by atoms with Gasteiger partial charge in [0.2, 0.25) is 5.91 Å². The van der Waals surface area contributed by atoms with E-state index < -0.39 is 0 Å². The molecular weight excluding hydrogens is 300 g/mol. The van der Waals surface area contributed by atoms with E-state index in [-0.39, 0.29) is 11.9 Å². The number of benzene rings is 1. The van der Waals surface area contributed by atoms with E-state index in [1.807, 2.05) is 49.7 Å². The molecule has 0 saturated carbocycles. The Morgan fingerprint density at radius 1 is 1.36 bits per heavy atom. The highest BCUT2D eigenvalue weighted by atomic mass is 35.5. The van der Waals surface area contributed by atoms with Crippen molar-refractivity contribution in [3.8, 4) is 5.69 Å². The number of carbonyl (C=O) groups is 1. The van der Waals surface area contributed by atoms with Gasteiger partial charge in [-0.2, -0.15) is 5.10 Å². The predicted octanol–water partition coefficient (Wildman–Crippen LogP) is 2.15. The predicted molar refractivity (Wildman–Crippen MR) is 88.4 cm³/mol. The molecule has 1 atom stereocenters. The van der Waals surface area contributed by atoms with E-state index in [1.165, 1.54) is 0 Å². The Morgan fingerprint density at radius 2 is 2.00 bits per heavy atom. The summed E-state index contributed by atoms with van der Waals surface area (Å²) in [6.45, 7) is 6.18. The number of aromatic nitrogens is 2. The van der Waals surface area contributed by atoms with Crippen molar-refractivity contribution in [2.45, 2.75) is 33.2 Å². The quantitative estimate of drug-likeness (QED) is 0.886. The molecule has 0 bridgehead atoms. The minimum atomic E-state index is -0.0418. The molecule has 118 valence electrons. The van der Waals surface area contributed by atoms with E-state index in [0.29, 0.717) is 18.0 Å². The summed E-state index contributed by atoms with van der Waals surface area (Å²) in [5, 5.41) is 8.08. The fraction of sp³-hybridized carbons (Fsp3) is 0.375. The zero-order valence-electron chi connectivity index (χ0n) is 13.1. The topological polar surface area (TPSA) is 72.9 Å². The van der Waals surface area contributed by atoms with E-state index in [9.17, 15) is 4.79 Å². The van der Waals surface area contributed by atoms with Crippen molar-refractivity contribution in [2.75, 3.05) is 6.54 Å². The van der Waals surface area contributed by atoms with Crippen molar-refractivity contribution in [3.05, 3.63) is 46.2 Å². The molecule has 2 aromatic rings. The molecule has 6 heteroatoms. The average Bonchev–Trinajstić information content (AvgIpc) is 2.76. The van der Waals surface area contributed by atoms with Gasteiger partial charge in [-0.3, -0.25) is 4.79 Å². The Kier molecular flexibility index (Phi) is 5.21. The number of halogens is 1. The second-order valence-electron chi connectivity index (χ2n) is 5.42. The Balaban J connectivity index is 2.24. The largest absolute Gasteiger partial charge is 0.352 e. The molecule has 1 heterocycles. The molecule has 1 aromatic heterocycles. The van der Waals surface area contributed by atoms with Gasteiger partial charge < -0.3 is 11.1 Å². The first-order valence-electron chi connectivity index (χ1n) is 7.22. The molecule has 0 spiro atoms. The zero-order chi connectivity index (χ0) is 16.3. The molecule has 0 aliphatic heterocycles. The summed E-state index contributed by atoms with van der Waals surface area (Å²) in [7, 11) is 0. The molecule has 0 fully saturated rings. The maximum absolute atomic E-state index is 12.1. The van der Waals surface area contributed by atoms with Gasteiger partial charge in [0.05, 0.1) is 17.8 Å². The number of hydrogen-bond acceptors (Lipinski definition) is 3. The number of amides is 1. The summed E-state index contributed by atoms with van der Waals surface area (Å²) in [5.41, 5.74) is 9.19. The lowest BCUT2D eigenvalue weighted by atomic mass is 10.1. The Hall–Kier alpha value is -1.85. The van der Waals surface area contributed by atoms with Crippen LogP contribution in [0.15, 0.2) is 24.3 Å². The number of aryl methyl sites for hydroxylation is 1. The smallest absolute Gasteiger partial charge is 0.224 e. The molecule has 3 N–H and O–H groups in total. The molecule has 0 radical (unpaired) electrons. The normalized spacial score (nSPS) is 12.2. The van der Waals surface area contributed by atoms with E-state index in [0.717, 1.165) is 22.6 Å². The van der Waals surface area contributed by atoms with Crippen molar-refractivity contribution in [2.24, 2.45) is 5.73 Å². The Bertz CT molecular complexity index is 664. The highest BCUT2D eigenvalue weighted by molar-refractivity contribution is 6.30. The molecule has 0 aliphatic carbocycles. The zero-order valence-corrected chi connectivity index (χ0v) is 13.8. The summed E-state index contributed by atoms with van der Waals surface area (Å²) in [6.07, 6.45) is 0.301. The number of carbonyl (C=O) groups excluding carboxylic acids is 1. The van der Waals surface area contributed by atoms with Gasteiger partial charge in [-0.05, 0) is 45.0 Å². The van der Waals surface area contributed by atoms with Crippen molar-refractivity contribution in [1.29, 1.82) is 0 Å². The van der Waals surface area contributed by atoms with Crippen molar-refractivity contribution in [3.63, 3.8) is 0 Å². The van der Waals surface area contributed by atoms with Crippen molar-refractivity contribution in [1.82, 2.24) is 15.1 Å². The molecule has 5 nitrogen and oxygen atoms in total. The van der Waals surface area contributed by atoms with Gasteiger partial charge in [-0.25, -0.2) is 4.68 Å². The third kappa shape index (κ3) is 3.67. The monoisotopic (exact) mass is 320 g/mol. The van der Waals surface area contributed by atoms with Gasteiger partial charge in [0.1, 0.15) is 0 Å². The van der Waals surface area contributed by atoms with Crippen LogP contribution in [0, 0.1) is 13.8 Å². The maximum Gasteiger partial charge on any atom is 0.224 e. The number of nitrogens with two attached hydrogens (primary N) is 1. The van der Waals surface area contributed by atoms with Crippen LogP contribution in [0.3, 0.4) is 0 Å². The molecule has 22 heavy (non-hydrogen) atoms. The molecule has 0 unspecified atom stereocenters. The number of nitrogens with one attached hydrogen (secondary N) is 1. The number of hydrogen-bond donors (Lipinski definition) is 2. The van der Waals surface area contributed by atoms with E-state index in [4.69, 9.17) is 17.3 Å². The molecular formula is C16H21ClN4O. The van der Waals surface area contributed by atoms with E-state index in [2.05, 4.69) is 10.4 Å². The van der Waals surface area contributed by atoms with Gasteiger partial charge in [0.25, 0.3) is 0 Å². The second-order valence-corrected chi connectivity index (χ2v) is 5.86. The van der Waals surface area contributed by atoms with Crippen LogP contribution in [0.4, 0.5) is 0 Å². The summed E-state index contributed by atoms with van der Waals surface area (Å²) in [4.78, 5) is 12.1. The second kappa shape index (κ2) is 6.94. The standard InChI is InChI=1S/C16H21ClN4O/c1-10(9-18)19-16(22)8-15-11(2)20-21(12(15)3)14-6-4-13(17)5-7-14/h4-7,10H,8-9,18H2,1-3H3,(H,19,22)/t10-/m0/s1. The maximum atomic E-state index is 12.1. The van der Waals surface area contributed by atoms with Crippen LogP contribution in [0.2, 0.25) is 5.02 Å². The average molecular weight is 321 g/mol.